The second-order valence-corrected chi connectivity index (χ2v) is 2.70. The molecule has 0 spiro atoms. The summed E-state index contributed by atoms with van der Waals surface area (Å²) in [6.45, 7) is 0. The van der Waals surface area contributed by atoms with Gasteiger partial charge in [-0.3, -0.25) is 4.79 Å². The quantitative estimate of drug-likeness (QED) is 0.629. The van der Waals surface area contributed by atoms with Crippen LogP contribution < -0.4 is 35.1 Å². The minimum absolute atomic E-state index is 0. The number of halogens is 2. The molecule has 1 aromatic heterocycles. The summed E-state index contributed by atoms with van der Waals surface area (Å²) >= 11 is 0. The molecule has 0 radical (unpaired) electrons. The van der Waals surface area contributed by atoms with Crippen LogP contribution in [0.4, 0.5) is 8.78 Å². The van der Waals surface area contributed by atoms with Crippen LogP contribution in [-0.2, 0) is 0 Å². The molecule has 0 amide bonds. The van der Waals surface area contributed by atoms with Crippen molar-refractivity contribution in [3.05, 3.63) is 46.3 Å². The van der Waals surface area contributed by atoms with E-state index in [1.165, 1.54) is 6.07 Å². The van der Waals surface area contributed by atoms with Crippen LogP contribution in [-0.4, -0.2) is 10.6 Å². The Labute approximate surface area is 111 Å². The van der Waals surface area contributed by atoms with Gasteiger partial charge in [-0.25, -0.2) is 8.78 Å². The summed E-state index contributed by atoms with van der Waals surface area (Å²) in [5, 5.41) is 2.02. The van der Waals surface area contributed by atoms with Crippen LogP contribution in [0.5, 0.6) is 0 Å². The Morgan fingerprint density at radius 3 is 2.38 bits per heavy atom. The van der Waals surface area contributed by atoms with E-state index >= 15 is 0 Å². The Morgan fingerprint density at radius 2 is 1.88 bits per heavy atom. The molecular formula is C9H6F2NNaO3. The molecule has 2 aromatic rings. The Balaban J connectivity index is 0.00000112. The van der Waals surface area contributed by atoms with E-state index in [1.807, 2.05) is 5.16 Å². The fraction of sp³-hybridized carbons (Fsp3) is 0. The molecule has 0 saturated carbocycles. The fourth-order valence-electron chi connectivity index (χ4n) is 1.11. The van der Waals surface area contributed by atoms with Gasteiger partial charge in [-0.05, 0) is 12.1 Å². The number of benzene rings is 1. The average molecular weight is 237 g/mol. The van der Waals surface area contributed by atoms with Crippen LogP contribution in [0.2, 0.25) is 0 Å². The topological polar surface area (TPSA) is 76.0 Å². The van der Waals surface area contributed by atoms with Gasteiger partial charge >= 0.3 is 29.6 Å². The maximum absolute atomic E-state index is 13.1. The predicted molar refractivity (Wildman–Crippen MR) is 46.6 cm³/mol. The van der Waals surface area contributed by atoms with Gasteiger partial charge in [0.1, 0.15) is 11.6 Å². The third-order valence-electron chi connectivity index (χ3n) is 1.72. The molecule has 1 heterocycles. The molecule has 0 saturated heterocycles. The Morgan fingerprint density at radius 1 is 1.19 bits per heavy atom. The van der Waals surface area contributed by atoms with Crippen molar-refractivity contribution >= 4 is 0 Å². The van der Waals surface area contributed by atoms with Gasteiger partial charge in [0.05, 0.1) is 11.6 Å². The molecule has 16 heavy (non-hydrogen) atoms. The van der Waals surface area contributed by atoms with Crippen LogP contribution in [0, 0.1) is 11.6 Å². The predicted octanol–water partition coefficient (Wildman–Crippen LogP) is -1.26. The molecule has 1 aromatic carbocycles. The van der Waals surface area contributed by atoms with Crippen molar-refractivity contribution in [3.8, 4) is 11.3 Å². The summed E-state index contributed by atoms with van der Waals surface area (Å²) in [7, 11) is 0. The summed E-state index contributed by atoms with van der Waals surface area (Å²) in [5.74, 6) is -1.40. The first kappa shape index (κ1) is 15.0. The minimum Gasteiger partial charge on any atom is -0.870 e. The largest absolute Gasteiger partial charge is 1.00 e. The number of hydrogen-bond acceptors (Lipinski definition) is 3. The molecule has 0 aliphatic carbocycles. The Kier molecular flexibility index (Phi) is 5.60. The summed E-state index contributed by atoms with van der Waals surface area (Å²) in [6.07, 6.45) is 0. The van der Waals surface area contributed by atoms with E-state index in [0.717, 1.165) is 18.2 Å². The monoisotopic (exact) mass is 237 g/mol. The normalized spacial score (nSPS) is 9.12. The first-order valence-electron chi connectivity index (χ1n) is 3.81. The van der Waals surface area contributed by atoms with Crippen LogP contribution in [0.3, 0.4) is 0 Å². The average Bonchev–Trinajstić information content (AvgIpc) is 2.51. The van der Waals surface area contributed by atoms with E-state index in [4.69, 9.17) is 0 Å². The molecule has 0 fully saturated rings. The molecule has 0 bridgehead atoms. The van der Waals surface area contributed by atoms with Crippen molar-refractivity contribution in [2.45, 2.75) is 0 Å². The van der Waals surface area contributed by atoms with Gasteiger partial charge in [0.25, 0.3) is 5.56 Å². The van der Waals surface area contributed by atoms with Gasteiger partial charge < -0.3 is 10.00 Å². The zero-order valence-electron chi connectivity index (χ0n) is 8.33. The van der Waals surface area contributed by atoms with Crippen molar-refractivity contribution < 1.29 is 48.3 Å². The third-order valence-corrected chi connectivity index (χ3v) is 1.72. The Hall–Kier alpha value is -0.950. The zero-order chi connectivity index (χ0) is 10.1. The SMILES string of the molecule is O=c1cc(-c2ccc(F)cc2F)o[nH]1.[Na+].[OH-]. The van der Waals surface area contributed by atoms with E-state index in [9.17, 15) is 13.6 Å². The second kappa shape index (κ2) is 5.95. The van der Waals surface area contributed by atoms with Crippen LogP contribution in [0.1, 0.15) is 0 Å². The number of aromatic amines is 1. The molecule has 0 aliphatic rings. The van der Waals surface area contributed by atoms with E-state index in [2.05, 4.69) is 4.52 Å². The first-order chi connectivity index (χ1) is 6.66. The standard InChI is InChI=1S/C9H5F2NO2.Na.H2O/c10-5-1-2-6(7(11)3-5)8-4-9(13)12-14-8;;/h1-4H,(H,12,13);;1H2/q;+1;/p-1. The van der Waals surface area contributed by atoms with Crippen molar-refractivity contribution in [2.24, 2.45) is 0 Å². The van der Waals surface area contributed by atoms with Gasteiger partial charge in [-0.15, -0.1) is 0 Å². The second-order valence-electron chi connectivity index (χ2n) is 2.70. The van der Waals surface area contributed by atoms with Crippen LogP contribution in [0.15, 0.2) is 33.6 Å². The van der Waals surface area contributed by atoms with Gasteiger partial charge in [0, 0.05) is 6.07 Å². The fourth-order valence-corrected chi connectivity index (χ4v) is 1.11. The van der Waals surface area contributed by atoms with Crippen molar-refractivity contribution in [3.63, 3.8) is 0 Å². The minimum atomic E-state index is -0.771. The van der Waals surface area contributed by atoms with Crippen LogP contribution in [0.25, 0.3) is 11.3 Å². The molecule has 0 unspecified atom stereocenters. The number of nitrogens with one attached hydrogen (secondary N) is 1. The number of H-pyrrole nitrogens is 1. The summed E-state index contributed by atoms with van der Waals surface area (Å²) in [5.41, 5.74) is -0.423. The van der Waals surface area contributed by atoms with Crippen molar-refractivity contribution in [1.82, 2.24) is 5.16 Å². The molecule has 7 heteroatoms. The summed E-state index contributed by atoms with van der Waals surface area (Å²) in [6, 6.07) is 4.11. The van der Waals surface area contributed by atoms with E-state index in [-0.39, 0.29) is 46.4 Å². The van der Waals surface area contributed by atoms with Gasteiger partial charge in [-0.1, -0.05) is 0 Å². The smallest absolute Gasteiger partial charge is 0.870 e. The van der Waals surface area contributed by atoms with Gasteiger partial charge in [-0.2, -0.15) is 5.16 Å². The molecule has 4 nitrogen and oxygen atoms in total. The molecule has 0 atom stereocenters. The summed E-state index contributed by atoms with van der Waals surface area (Å²) in [4.78, 5) is 10.7. The summed E-state index contributed by atoms with van der Waals surface area (Å²) < 4.78 is 30.3. The Bertz CT molecular complexity index is 523. The number of rotatable bonds is 1. The maximum atomic E-state index is 13.1. The van der Waals surface area contributed by atoms with Gasteiger partial charge in [0.2, 0.25) is 0 Å². The van der Waals surface area contributed by atoms with Crippen LogP contribution >= 0.6 is 0 Å². The zero-order valence-corrected chi connectivity index (χ0v) is 10.3. The van der Waals surface area contributed by atoms with Crippen molar-refractivity contribution in [1.29, 1.82) is 0 Å². The molecular weight excluding hydrogens is 231 g/mol. The molecule has 0 aliphatic heterocycles. The molecule has 2 N–H and O–H groups in total. The maximum Gasteiger partial charge on any atom is 1.00 e. The third kappa shape index (κ3) is 3.02. The van der Waals surface area contributed by atoms with E-state index in [1.54, 1.807) is 0 Å². The van der Waals surface area contributed by atoms with E-state index in [0.29, 0.717) is 0 Å². The number of aromatic nitrogens is 1. The number of hydrogen-bond donors (Lipinski definition) is 1. The first-order valence-corrected chi connectivity index (χ1v) is 3.81. The molecule has 2 rings (SSSR count). The van der Waals surface area contributed by atoms with Gasteiger partial charge in [0.15, 0.2) is 5.76 Å². The van der Waals surface area contributed by atoms with Crippen molar-refractivity contribution in [2.75, 3.05) is 0 Å². The van der Waals surface area contributed by atoms with E-state index < -0.39 is 17.2 Å². The molecule has 80 valence electrons.